The van der Waals surface area contributed by atoms with Crippen LogP contribution < -0.4 is 4.74 Å². The van der Waals surface area contributed by atoms with E-state index in [2.05, 4.69) is 0 Å². The van der Waals surface area contributed by atoms with Crippen LogP contribution in [0, 0.1) is 0 Å². The second-order valence-corrected chi connectivity index (χ2v) is 4.85. The van der Waals surface area contributed by atoms with Gasteiger partial charge in [0.1, 0.15) is 5.75 Å². The summed E-state index contributed by atoms with van der Waals surface area (Å²) in [4.78, 5) is 12.1. The molecule has 0 radical (unpaired) electrons. The Hall–Kier alpha value is -2.32. The number of esters is 1. The molecule has 0 atom stereocenters. The van der Waals surface area contributed by atoms with Gasteiger partial charge >= 0.3 is 5.97 Å². The highest BCUT2D eigenvalue weighted by molar-refractivity contribution is 6.30. The molecule has 2 nitrogen and oxygen atoms in total. The highest BCUT2D eigenvalue weighted by Gasteiger charge is 2.09. The molecule has 0 aliphatic rings. The van der Waals surface area contributed by atoms with Crippen LogP contribution in [-0.2, 0) is 0 Å². The lowest BCUT2D eigenvalue weighted by Crippen LogP contribution is -2.08. The molecule has 0 N–H and O–H groups in total. The molecule has 3 heteroatoms. The summed E-state index contributed by atoms with van der Waals surface area (Å²) < 4.78 is 5.31. The van der Waals surface area contributed by atoms with Gasteiger partial charge in [-0.25, -0.2) is 4.79 Å². The van der Waals surface area contributed by atoms with Gasteiger partial charge in [-0.2, -0.15) is 0 Å². The smallest absolute Gasteiger partial charge is 0.343 e. The highest BCUT2D eigenvalue weighted by atomic mass is 35.5. The number of halogens is 1. The predicted molar refractivity (Wildman–Crippen MR) is 80.4 cm³/mol. The van der Waals surface area contributed by atoms with Crippen LogP contribution in [0.5, 0.6) is 5.75 Å². The van der Waals surface area contributed by atoms with Gasteiger partial charge in [0.15, 0.2) is 0 Å². The molecule has 0 aliphatic carbocycles. The maximum absolute atomic E-state index is 12.1. The van der Waals surface area contributed by atoms with Crippen LogP contribution in [0.15, 0.2) is 66.7 Å². The van der Waals surface area contributed by atoms with Crippen molar-refractivity contribution in [3.8, 4) is 5.75 Å². The maximum Gasteiger partial charge on any atom is 0.343 e. The summed E-state index contributed by atoms with van der Waals surface area (Å²) in [7, 11) is 0. The van der Waals surface area contributed by atoms with Gasteiger partial charge < -0.3 is 4.74 Å². The fourth-order valence-corrected chi connectivity index (χ4v) is 2.19. The minimum absolute atomic E-state index is 0.391. The number of ether oxygens (including phenoxy) is 1. The van der Waals surface area contributed by atoms with Gasteiger partial charge in [0.05, 0.1) is 5.56 Å². The van der Waals surface area contributed by atoms with Crippen LogP contribution in [-0.4, -0.2) is 5.97 Å². The molecule has 20 heavy (non-hydrogen) atoms. The largest absolute Gasteiger partial charge is 0.423 e. The summed E-state index contributed by atoms with van der Waals surface area (Å²) in [5.74, 6) is 0.0497. The van der Waals surface area contributed by atoms with Crippen molar-refractivity contribution in [1.29, 1.82) is 0 Å². The van der Waals surface area contributed by atoms with Gasteiger partial charge in [0, 0.05) is 5.02 Å². The first kappa shape index (κ1) is 12.7. The Morgan fingerprint density at radius 3 is 2.45 bits per heavy atom. The van der Waals surface area contributed by atoms with E-state index in [0.29, 0.717) is 16.3 Å². The lowest BCUT2D eigenvalue weighted by atomic mass is 10.1. The number of carbonyl (C=O) groups excluding carboxylic acids is 1. The average Bonchev–Trinajstić information content (AvgIpc) is 2.47. The standard InChI is InChI=1S/C17H11ClO2/c18-15-6-3-7-16(11-15)20-17(19)14-9-8-12-4-1-2-5-13(12)10-14/h1-11H. The number of carbonyl (C=O) groups is 1. The molecular formula is C17H11ClO2. The molecule has 0 saturated heterocycles. The van der Waals surface area contributed by atoms with Crippen molar-refractivity contribution in [2.75, 3.05) is 0 Å². The fraction of sp³-hybridized carbons (Fsp3) is 0. The van der Waals surface area contributed by atoms with Crippen LogP contribution in [0.2, 0.25) is 5.02 Å². The number of fused-ring (bicyclic) bond motifs is 1. The lowest BCUT2D eigenvalue weighted by Gasteiger charge is -2.05. The van der Waals surface area contributed by atoms with Gasteiger partial charge in [-0.1, -0.05) is 48.0 Å². The molecule has 0 aromatic heterocycles. The second-order valence-electron chi connectivity index (χ2n) is 4.41. The van der Waals surface area contributed by atoms with Crippen LogP contribution >= 0.6 is 11.6 Å². The maximum atomic E-state index is 12.1. The Labute approximate surface area is 121 Å². The Morgan fingerprint density at radius 2 is 1.65 bits per heavy atom. The molecular weight excluding hydrogens is 272 g/mol. The third-order valence-electron chi connectivity index (χ3n) is 2.99. The van der Waals surface area contributed by atoms with Crippen molar-refractivity contribution >= 4 is 28.3 Å². The number of hydrogen-bond acceptors (Lipinski definition) is 2. The van der Waals surface area contributed by atoms with Gasteiger partial charge in [0.25, 0.3) is 0 Å². The first-order chi connectivity index (χ1) is 9.72. The van der Waals surface area contributed by atoms with Gasteiger partial charge in [0.2, 0.25) is 0 Å². The number of rotatable bonds is 2. The van der Waals surface area contributed by atoms with E-state index in [4.69, 9.17) is 16.3 Å². The summed E-state index contributed by atoms with van der Waals surface area (Å²) in [6.45, 7) is 0. The van der Waals surface area contributed by atoms with Crippen molar-refractivity contribution in [1.82, 2.24) is 0 Å². The van der Waals surface area contributed by atoms with E-state index in [1.807, 2.05) is 36.4 Å². The third kappa shape index (κ3) is 2.65. The SMILES string of the molecule is O=C(Oc1cccc(Cl)c1)c1ccc2ccccc2c1. The number of benzene rings is 3. The topological polar surface area (TPSA) is 26.3 Å². The molecule has 0 bridgehead atoms. The van der Waals surface area contributed by atoms with E-state index < -0.39 is 5.97 Å². The molecule has 3 rings (SSSR count). The molecule has 0 aliphatic heterocycles. The molecule has 98 valence electrons. The molecule has 3 aromatic carbocycles. The van der Waals surface area contributed by atoms with E-state index in [-0.39, 0.29) is 0 Å². The van der Waals surface area contributed by atoms with Gasteiger partial charge in [-0.05, 0) is 41.1 Å². The minimum atomic E-state index is -0.391. The van der Waals surface area contributed by atoms with E-state index in [1.54, 1.807) is 30.3 Å². The lowest BCUT2D eigenvalue weighted by molar-refractivity contribution is 0.0735. The van der Waals surface area contributed by atoms with Gasteiger partial charge in [-0.3, -0.25) is 0 Å². The van der Waals surface area contributed by atoms with Crippen molar-refractivity contribution in [3.63, 3.8) is 0 Å². The van der Waals surface area contributed by atoms with Crippen molar-refractivity contribution < 1.29 is 9.53 Å². The first-order valence-electron chi connectivity index (χ1n) is 6.19. The zero-order chi connectivity index (χ0) is 13.9. The van der Waals surface area contributed by atoms with Gasteiger partial charge in [-0.15, -0.1) is 0 Å². The van der Waals surface area contributed by atoms with Crippen LogP contribution in [0.25, 0.3) is 10.8 Å². The third-order valence-corrected chi connectivity index (χ3v) is 3.23. The monoisotopic (exact) mass is 282 g/mol. The number of hydrogen-bond donors (Lipinski definition) is 0. The Morgan fingerprint density at radius 1 is 0.850 bits per heavy atom. The fourth-order valence-electron chi connectivity index (χ4n) is 2.01. The zero-order valence-corrected chi connectivity index (χ0v) is 11.3. The summed E-state index contributed by atoms with van der Waals surface area (Å²) in [6, 6.07) is 20.1. The summed E-state index contributed by atoms with van der Waals surface area (Å²) >= 11 is 5.86. The van der Waals surface area contributed by atoms with E-state index in [0.717, 1.165) is 10.8 Å². The molecule has 0 heterocycles. The van der Waals surface area contributed by atoms with Crippen molar-refractivity contribution in [2.24, 2.45) is 0 Å². The van der Waals surface area contributed by atoms with E-state index >= 15 is 0 Å². The van der Waals surface area contributed by atoms with E-state index in [9.17, 15) is 4.79 Å². The first-order valence-corrected chi connectivity index (χ1v) is 6.57. The predicted octanol–water partition coefficient (Wildman–Crippen LogP) is 4.71. The molecule has 0 unspecified atom stereocenters. The zero-order valence-electron chi connectivity index (χ0n) is 10.5. The highest BCUT2D eigenvalue weighted by Crippen LogP contribution is 2.20. The van der Waals surface area contributed by atoms with Crippen molar-refractivity contribution in [2.45, 2.75) is 0 Å². The van der Waals surface area contributed by atoms with E-state index in [1.165, 1.54) is 0 Å². The summed E-state index contributed by atoms with van der Waals surface area (Å²) in [5, 5.41) is 2.63. The van der Waals surface area contributed by atoms with Crippen LogP contribution in [0.3, 0.4) is 0 Å². The average molecular weight is 283 g/mol. The Kier molecular flexibility index (Phi) is 3.40. The molecule has 0 saturated carbocycles. The Bertz CT molecular complexity index is 781. The van der Waals surface area contributed by atoms with Crippen LogP contribution in [0.1, 0.15) is 10.4 Å². The molecule has 3 aromatic rings. The molecule has 0 spiro atoms. The Balaban J connectivity index is 1.88. The minimum Gasteiger partial charge on any atom is -0.423 e. The summed E-state index contributed by atoms with van der Waals surface area (Å²) in [5.41, 5.74) is 0.517. The van der Waals surface area contributed by atoms with Crippen LogP contribution in [0.4, 0.5) is 0 Å². The van der Waals surface area contributed by atoms with Crippen molar-refractivity contribution in [3.05, 3.63) is 77.3 Å². The second kappa shape index (κ2) is 5.35. The molecule has 0 fully saturated rings. The normalized spacial score (nSPS) is 10.4. The molecule has 0 amide bonds. The quantitative estimate of drug-likeness (QED) is 0.502. The summed E-state index contributed by atoms with van der Waals surface area (Å²) in [6.07, 6.45) is 0.